The van der Waals surface area contributed by atoms with E-state index in [1.807, 2.05) is 28.8 Å². The number of imidazole rings is 1. The van der Waals surface area contributed by atoms with Crippen LogP contribution in [-0.2, 0) is 16.6 Å². The monoisotopic (exact) mass is 479 g/mol. The molecule has 172 valence electrons. The van der Waals surface area contributed by atoms with Crippen molar-refractivity contribution in [2.45, 2.75) is 24.8 Å². The van der Waals surface area contributed by atoms with Gasteiger partial charge in [-0.25, -0.2) is 26.7 Å². The molecule has 2 aromatic heterocycles. The Kier molecular flexibility index (Phi) is 5.45. The Balaban J connectivity index is 1.74. The smallest absolute Gasteiger partial charge is 0.251 e. The fraction of sp³-hybridized carbons (Fsp3) is 0.125. The molecule has 0 aliphatic heterocycles. The third-order valence-corrected chi connectivity index (χ3v) is 6.59. The highest BCUT2D eigenvalue weighted by Crippen LogP contribution is 2.34. The molecule has 2 heterocycles. The van der Waals surface area contributed by atoms with Crippen molar-refractivity contribution in [2.24, 2.45) is 0 Å². The van der Waals surface area contributed by atoms with E-state index in [9.17, 15) is 17.2 Å². The first-order valence-corrected chi connectivity index (χ1v) is 12.0. The van der Waals surface area contributed by atoms with E-state index in [0.717, 1.165) is 36.1 Å². The summed E-state index contributed by atoms with van der Waals surface area (Å²) in [5, 5.41) is 0. The van der Waals surface area contributed by atoms with Crippen LogP contribution in [0.3, 0.4) is 0 Å². The molecule has 0 saturated heterocycles. The average molecular weight is 480 g/mol. The lowest BCUT2D eigenvalue weighted by Gasteiger charge is -2.18. The zero-order valence-electron chi connectivity index (χ0n) is 18.1. The number of aromatic nitrogens is 4. The molecule has 5 rings (SSSR count). The summed E-state index contributed by atoms with van der Waals surface area (Å²) in [7, 11) is -4.63. The fourth-order valence-electron chi connectivity index (χ4n) is 3.80. The summed E-state index contributed by atoms with van der Waals surface area (Å²) in [6.07, 6.45) is 2.69. The summed E-state index contributed by atoms with van der Waals surface area (Å²) in [4.78, 5) is 8.20. The maximum atomic E-state index is 14.3. The van der Waals surface area contributed by atoms with E-state index in [0.29, 0.717) is 17.1 Å². The SMILES string of the molecule is CCC[n+]1cn(-c2nc3ccccc3nc2[N-]S(=O)(=O)c2cc(F)ccc2F)c2ccccc21. The third kappa shape index (κ3) is 3.86. The van der Waals surface area contributed by atoms with Crippen molar-refractivity contribution in [3.63, 3.8) is 0 Å². The minimum atomic E-state index is -4.63. The number of nitrogens with zero attached hydrogens (tertiary/aromatic N) is 5. The minimum Gasteiger partial charge on any atom is -0.429 e. The highest BCUT2D eigenvalue weighted by atomic mass is 32.2. The number of hydrogen-bond donors (Lipinski definition) is 0. The molecule has 0 amide bonds. The lowest BCUT2D eigenvalue weighted by Crippen LogP contribution is -2.31. The summed E-state index contributed by atoms with van der Waals surface area (Å²) in [5.74, 6) is -2.07. The zero-order chi connectivity index (χ0) is 23.9. The van der Waals surface area contributed by atoms with Crippen LogP contribution in [0.15, 0.2) is 78.0 Å². The predicted octanol–water partition coefficient (Wildman–Crippen LogP) is 4.94. The van der Waals surface area contributed by atoms with E-state index in [1.165, 1.54) is 0 Å². The standard InChI is InChI=1S/C24H19F2N5O2S/c1-2-13-30-15-31(21-10-6-5-9-20(21)30)24-23(27-18-7-3-4-8-19(18)28-24)29-34(32,33)22-14-16(25)11-12-17(22)26/h3-12,14-15H,2,13H2,1H3. The summed E-state index contributed by atoms with van der Waals surface area (Å²) in [6.45, 7) is 2.78. The minimum absolute atomic E-state index is 0.158. The summed E-state index contributed by atoms with van der Waals surface area (Å²) in [6, 6.07) is 16.7. The van der Waals surface area contributed by atoms with Crippen LogP contribution in [0.25, 0.3) is 32.6 Å². The maximum absolute atomic E-state index is 14.3. The maximum Gasteiger partial charge on any atom is 0.251 e. The molecule has 0 unspecified atom stereocenters. The van der Waals surface area contributed by atoms with Crippen LogP contribution in [0.5, 0.6) is 0 Å². The van der Waals surface area contributed by atoms with Gasteiger partial charge in [-0.3, -0.25) is 0 Å². The van der Waals surface area contributed by atoms with Gasteiger partial charge in [0.25, 0.3) is 6.33 Å². The topological polar surface area (TPSA) is 82.8 Å². The van der Waals surface area contributed by atoms with Crippen LogP contribution >= 0.6 is 0 Å². The largest absolute Gasteiger partial charge is 0.429 e. The van der Waals surface area contributed by atoms with Crippen molar-refractivity contribution in [1.29, 1.82) is 0 Å². The third-order valence-electron chi connectivity index (χ3n) is 5.31. The van der Waals surface area contributed by atoms with Crippen molar-refractivity contribution < 1.29 is 21.8 Å². The molecule has 0 bridgehead atoms. The second-order valence-electron chi connectivity index (χ2n) is 7.67. The number of benzene rings is 3. The first kappa shape index (κ1) is 21.9. The Hall–Kier alpha value is -3.92. The average Bonchev–Trinajstić information content (AvgIpc) is 3.18. The molecule has 0 aliphatic carbocycles. The number of fused-ring (bicyclic) bond motifs is 2. The van der Waals surface area contributed by atoms with Gasteiger partial charge in [-0.05, 0) is 48.3 Å². The Bertz CT molecular complexity index is 1650. The van der Waals surface area contributed by atoms with Crippen molar-refractivity contribution in [3.05, 3.63) is 89.4 Å². The molecule has 0 spiro atoms. The molecular formula is C24H19F2N5O2S. The first-order chi connectivity index (χ1) is 16.4. The van der Waals surface area contributed by atoms with E-state index in [2.05, 4.69) is 21.6 Å². The number of rotatable bonds is 6. The van der Waals surface area contributed by atoms with Gasteiger partial charge in [0, 0.05) is 5.82 Å². The van der Waals surface area contributed by atoms with Gasteiger partial charge >= 0.3 is 0 Å². The Morgan fingerprint density at radius 3 is 2.44 bits per heavy atom. The van der Waals surface area contributed by atoms with Gasteiger partial charge in [-0.2, -0.15) is 4.57 Å². The second kappa shape index (κ2) is 8.45. The Labute approximate surface area is 194 Å². The van der Waals surface area contributed by atoms with Crippen molar-refractivity contribution in [2.75, 3.05) is 0 Å². The van der Waals surface area contributed by atoms with Crippen LogP contribution in [0, 0.1) is 11.6 Å². The summed E-state index contributed by atoms with van der Waals surface area (Å²) >= 11 is 0. The van der Waals surface area contributed by atoms with Crippen molar-refractivity contribution in [1.82, 2.24) is 14.5 Å². The number of hydrogen-bond acceptors (Lipinski definition) is 4. The summed E-state index contributed by atoms with van der Waals surface area (Å²) < 4.78 is 61.6. The van der Waals surface area contributed by atoms with Gasteiger partial charge in [0.15, 0.2) is 11.0 Å². The summed E-state index contributed by atoms with van der Waals surface area (Å²) in [5.41, 5.74) is 2.64. The van der Waals surface area contributed by atoms with Crippen LogP contribution in [0.1, 0.15) is 13.3 Å². The fourth-order valence-corrected chi connectivity index (χ4v) is 4.83. The van der Waals surface area contributed by atoms with Crippen molar-refractivity contribution >= 4 is 37.9 Å². The molecule has 3 aromatic carbocycles. The van der Waals surface area contributed by atoms with E-state index >= 15 is 0 Å². The normalized spacial score (nSPS) is 11.9. The molecule has 0 aliphatic rings. The van der Waals surface area contributed by atoms with Gasteiger partial charge in [0.05, 0.1) is 12.1 Å². The van der Waals surface area contributed by atoms with Crippen LogP contribution < -0.4 is 4.57 Å². The quantitative estimate of drug-likeness (QED) is 0.323. The molecule has 10 heteroatoms. The van der Waals surface area contributed by atoms with Crippen LogP contribution in [-0.4, -0.2) is 23.0 Å². The van der Waals surface area contributed by atoms with Crippen LogP contribution in [0.4, 0.5) is 14.6 Å². The van der Waals surface area contributed by atoms with Gasteiger partial charge < -0.3 is 9.71 Å². The molecule has 34 heavy (non-hydrogen) atoms. The number of halogens is 2. The number of sulfonamides is 1. The van der Waals surface area contributed by atoms with E-state index in [1.54, 1.807) is 35.2 Å². The lowest BCUT2D eigenvalue weighted by molar-refractivity contribution is -0.671. The van der Waals surface area contributed by atoms with E-state index in [-0.39, 0.29) is 11.6 Å². The second-order valence-corrected chi connectivity index (χ2v) is 9.24. The van der Waals surface area contributed by atoms with E-state index in [4.69, 9.17) is 0 Å². The molecule has 0 N–H and O–H groups in total. The number of aryl methyl sites for hydroxylation is 1. The van der Waals surface area contributed by atoms with Gasteiger partial charge in [-0.1, -0.05) is 37.3 Å². The van der Waals surface area contributed by atoms with Gasteiger partial charge in [-0.15, -0.1) is 0 Å². The van der Waals surface area contributed by atoms with Gasteiger partial charge in [0.1, 0.15) is 16.5 Å². The molecule has 5 aromatic rings. The van der Waals surface area contributed by atoms with E-state index < -0.39 is 26.6 Å². The highest BCUT2D eigenvalue weighted by molar-refractivity contribution is 7.94. The molecule has 0 saturated carbocycles. The molecule has 0 atom stereocenters. The predicted molar refractivity (Wildman–Crippen MR) is 123 cm³/mol. The molecular weight excluding hydrogens is 460 g/mol. The molecule has 0 fully saturated rings. The Morgan fingerprint density at radius 1 is 0.971 bits per heavy atom. The number of para-hydroxylation sites is 4. The first-order valence-electron chi connectivity index (χ1n) is 10.6. The van der Waals surface area contributed by atoms with Gasteiger partial charge in [0.2, 0.25) is 15.8 Å². The highest BCUT2D eigenvalue weighted by Gasteiger charge is 2.23. The Morgan fingerprint density at radius 2 is 1.68 bits per heavy atom. The molecule has 7 nitrogen and oxygen atoms in total. The zero-order valence-corrected chi connectivity index (χ0v) is 18.9. The molecule has 0 radical (unpaired) electrons. The van der Waals surface area contributed by atoms with Crippen LogP contribution in [0.2, 0.25) is 0 Å². The lowest BCUT2D eigenvalue weighted by atomic mass is 10.3. The van der Waals surface area contributed by atoms with Crippen molar-refractivity contribution in [3.8, 4) is 5.82 Å².